The summed E-state index contributed by atoms with van der Waals surface area (Å²) in [7, 11) is 1.80. The third-order valence-corrected chi connectivity index (χ3v) is 2.63. The fourth-order valence-electron chi connectivity index (χ4n) is 1.70. The number of carbonyl (C=O) groups is 1. The van der Waals surface area contributed by atoms with Gasteiger partial charge >= 0.3 is 0 Å². The molecule has 0 saturated carbocycles. The standard InChI is InChI=1S/C14H15N3O/c1-10-3-4-12(13(9-10)15-2)14(18)17-11-5-7-16-8-6-11/h3-9,15H,1-2H3,(H,16,17,18). The Labute approximate surface area is 106 Å². The van der Waals surface area contributed by atoms with Gasteiger partial charge in [0.2, 0.25) is 0 Å². The molecule has 0 aliphatic carbocycles. The predicted octanol–water partition coefficient (Wildman–Crippen LogP) is 2.68. The van der Waals surface area contributed by atoms with Gasteiger partial charge in [0.15, 0.2) is 0 Å². The summed E-state index contributed by atoms with van der Waals surface area (Å²) >= 11 is 0. The van der Waals surface area contributed by atoms with E-state index in [0.29, 0.717) is 5.56 Å². The van der Waals surface area contributed by atoms with Crippen molar-refractivity contribution in [2.24, 2.45) is 0 Å². The molecule has 0 fully saturated rings. The minimum Gasteiger partial charge on any atom is -0.387 e. The van der Waals surface area contributed by atoms with E-state index in [1.165, 1.54) is 0 Å². The van der Waals surface area contributed by atoms with Crippen molar-refractivity contribution in [2.45, 2.75) is 6.92 Å². The number of benzene rings is 1. The quantitative estimate of drug-likeness (QED) is 0.868. The van der Waals surface area contributed by atoms with Crippen molar-refractivity contribution in [3.8, 4) is 0 Å². The maximum Gasteiger partial charge on any atom is 0.257 e. The molecule has 2 N–H and O–H groups in total. The van der Waals surface area contributed by atoms with Crippen molar-refractivity contribution >= 4 is 17.3 Å². The highest BCUT2D eigenvalue weighted by Gasteiger charge is 2.10. The zero-order valence-corrected chi connectivity index (χ0v) is 10.4. The van der Waals surface area contributed by atoms with E-state index in [1.807, 2.05) is 25.1 Å². The number of hydrogen-bond donors (Lipinski definition) is 2. The predicted molar refractivity (Wildman–Crippen MR) is 72.9 cm³/mol. The molecule has 0 unspecified atom stereocenters. The van der Waals surface area contributed by atoms with E-state index in [2.05, 4.69) is 15.6 Å². The molecule has 92 valence electrons. The Morgan fingerprint density at radius 1 is 1.17 bits per heavy atom. The molecule has 1 amide bonds. The Bertz CT molecular complexity index is 552. The fourth-order valence-corrected chi connectivity index (χ4v) is 1.70. The first kappa shape index (κ1) is 12.1. The van der Waals surface area contributed by atoms with Crippen LogP contribution in [0.5, 0.6) is 0 Å². The van der Waals surface area contributed by atoms with Gasteiger partial charge in [-0.2, -0.15) is 0 Å². The lowest BCUT2D eigenvalue weighted by molar-refractivity contribution is 0.102. The lowest BCUT2D eigenvalue weighted by Gasteiger charge is -2.10. The second-order valence-corrected chi connectivity index (χ2v) is 3.99. The van der Waals surface area contributed by atoms with Gasteiger partial charge < -0.3 is 10.6 Å². The van der Waals surface area contributed by atoms with Gasteiger partial charge in [0.05, 0.1) is 5.56 Å². The SMILES string of the molecule is CNc1cc(C)ccc1C(=O)Nc1ccncc1. The Balaban J connectivity index is 2.24. The maximum atomic E-state index is 12.1. The Kier molecular flexibility index (Phi) is 3.57. The summed E-state index contributed by atoms with van der Waals surface area (Å²) in [5.41, 5.74) is 3.29. The molecular weight excluding hydrogens is 226 g/mol. The molecule has 1 heterocycles. The van der Waals surface area contributed by atoms with Crippen molar-refractivity contribution in [2.75, 3.05) is 17.7 Å². The highest BCUT2D eigenvalue weighted by Crippen LogP contribution is 2.18. The fraction of sp³-hybridized carbons (Fsp3) is 0.143. The van der Waals surface area contributed by atoms with Gasteiger partial charge in [-0.3, -0.25) is 9.78 Å². The third-order valence-electron chi connectivity index (χ3n) is 2.63. The molecule has 1 aromatic carbocycles. The van der Waals surface area contributed by atoms with Crippen LogP contribution < -0.4 is 10.6 Å². The molecule has 0 spiro atoms. The van der Waals surface area contributed by atoms with Crippen LogP contribution in [0.25, 0.3) is 0 Å². The van der Waals surface area contributed by atoms with Gasteiger partial charge in [0.1, 0.15) is 0 Å². The first-order valence-electron chi connectivity index (χ1n) is 5.70. The number of aromatic nitrogens is 1. The third kappa shape index (κ3) is 2.66. The first-order valence-corrected chi connectivity index (χ1v) is 5.70. The van der Waals surface area contributed by atoms with E-state index < -0.39 is 0 Å². The van der Waals surface area contributed by atoms with Crippen molar-refractivity contribution in [3.63, 3.8) is 0 Å². The molecule has 2 rings (SSSR count). The summed E-state index contributed by atoms with van der Waals surface area (Å²) in [5.74, 6) is -0.134. The van der Waals surface area contributed by atoms with E-state index >= 15 is 0 Å². The summed E-state index contributed by atoms with van der Waals surface area (Å²) < 4.78 is 0. The molecular formula is C14H15N3O. The van der Waals surface area contributed by atoms with Crippen LogP contribution in [0.1, 0.15) is 15.9 Å². The number of amides is 1. The van der Waals surface area contributed by atoms with Crippen LogP contribution >= 0.6 is 0 Å². The maximum absolute atomic E-state index is 12.1. The normalized spacial score (nSPS) is 9.89. The van der Waals surface area contributed by atoms with Gasteiger partial charge in [0, 0.05) is 30.8 Å². The van der Waals surface area contributed by atoms with E-state index in [0.717, 1.165) is 16.9 Å². The molecule has 0 bridgehead atoms. The molecule has 4 heteroatoms. The number of nitrogens with zero attached hydrogens (tertiary/aromatic N) is 1. The summed E-state index contributed by atoms with van der Waals surface area (Å²) in [6, 6.07) is 9.19. The van der Waals surface area contributed by atoms with Crippen LogP contribution in [0, 0.1) is 6.92 Å². The molecule has 2 aromatic rings. The number of rotatable bonds is 3. The lowest BCUT2D eigenvalue weighted by Crippen LogP contribution is -2.14. The van der Waals surface area contributed by atoms with Gasteiger partial charge in [-0.15, -0.1) is 0 Å². The molecule has 1 aromatic heterocycles. The minimum absolute atomic E-state index is 0.134. The summed E-state index contributed by atoms with van der Waals surface area (Å²) in [6.07, 6.45) is 3.29. The average molecular weight is 241 g/mol. The van der Waals surface area contributed by atoms with Crippen LogP contribution in [0.2, 0.25) is 0 Å². The largest absolute Gasteiger partial charge is 0.387 e. The van der Waals surface area contributed by atoms with Crippen molar-refractivity contribution < 1.29 is 4.79 Å². The van der Waals surface area contributed by atoms with Crippen molar-refractivity contribution in [1.29, 1.82) is 0 Å². The molecule has 18 heavy (non-hydrogen) atoms. The van der Waals surface area contributed by atoms with Crippen LogP contribution in [-0.4, -0.2) is 17.9 Å². The topological polar surface area (TPSA) is 54.0 Å². The number of nitrogens with one attached hydrogen (secondary N) is 2. The summed E-state index contributed by atoms with van der Waals surface area (Å²) in [6.45, 7) is 1.99. The monoisotopic (exact) mass is 241 g/mol. The molecule has 0 aliphatic rings. The number of carbonyl (C=O) groups excluding carboxylic acids is 1. The second kappa shape index (κ2) is 5.31. The number of anilines is 2. The molecule has 0 radical (unpaired) electrons. The molecule has 4 nitrogen and oxygen atoms in total. The van der Waals surface area contributed by atoms with E-state index in [1.54, 1.807) is 31.6 Å². The van der Waals surface area contributed by atoms with Crippen LogP contribution in [0.15, 0.2) is 42.7 Å². The minimum atomic E-state index is -0.134. The number of aryl methyl sites for hydroxylation is 1. The average Bonchev–Trinajstić information content (AvgIpc) is 2.39. The smallest absolute Gasteiger partial charge is 0.257 e. The Morgan fingerprint density at radius 3 is 2.56 bits per heavy atom. The number of hydrogen-bond acceptors (Lipinski definition) is 3. The molecule has 0 atom stereocenters. The highest BCUT2D eigenvalue weighted by molar-refractivity contribution is 6.08. The van der Waals surface area contributed by atoms with Gasteiger partial charge in [0.25, 0.3) is 5.91 Å². The molecule has 0 aliphatic heterocycles. The van der Waals surface area contributed by atoms with Crippen LogP contribution in [0.4, 0.5) is 11.4 Å². The highest BCUT2D eigenvalue weighted by atomic mass is 16.1. The zero-order valence-electron chi connectivity index (χ0n) is 10.4. The lowest BCUT2D eigenvalue weighted by atomic mass is 10.1. The second-order valence-electron chi connectivity index (χ2n) is 3.99. The molecule has 0 saturated heterocycles. The van der Waals surface area contributed by atoms with Gasteiger partial charge in [-0.1, -0.05) is 6.07 Å². The van der Waals surface area contributed by atoms with E-state index in [4.69, 9.17) is 0 Å². The summed E-state index contributed by atoms with van der Waals surface area (Å²) in [5, 5.41) is 5.86. The van der Waals surface area contributed by atoms with Crippen molar-refractivity contribution in [3.05, 3.63) is 53.9 Å². The van der Waals surface area contributed by atoms with Crippen LogP contribution in [0.3, 0.4) is 0 Å². The van der Waals surface area contributed by atoms with E-state index in [-0.39, 0.29) is 5.91 Å². The van der Waals surface area contributed by atoms with Gasteiger partial charge in [-0.25, -0.2) is 0 Å². The summed E-state index contributed by atoms with van der Waals surface area (Å²) in [4.78, 5) is 16.0. The van der Waals surface area contributed by atoms with E-state index in [9.17, 15) is 4.79 Å². The number of pyridine rings is 1. The van der Waals surface area contributed by atoms with Crippen molar-refractivity contribution in [1.82, 2.24) is 4.98 Å². The van der Waals surface area contributed by atoms with Gasteiger partial charge in [-0.05, 0) is 36.8 Å². The Hall–Kier alpha value is -2.36. The Morgan fingerprint density at radius 2 is 1.89 bits per heavy atom. The first-order chi connectivity index (χ1) is 8.70. The van der Waals surface area contributed by atoms with Crippen LogP contribution in [-0.2, 0) is 0 Å². The zero-order chi connectivity index (χ0) is 13.0.